The number of carbonyl (C=O) groups is 4. The Morgan fingerprint density at radius 2 is 2.04 bits per heavy atom. The second-order valence-corrected chi connectivity index (χ2v) is 7.99. The summed E-state index contributed by atoms with van der Waals surface area (Å²) in [6, 6.07) is 7.94. The first-order valence-electron chi connectivity index (χ1n) is 9.03. The zero-order chi connectivity index (χ0) is 19.9. The van der Waals surface area contributed by atoms with Gasteiger partial charge in [-0.05, 0) is 49.8 Å². The fraction of sp³-hybridized carbons (Fsp3) is 0.300. The fourth-order valence-electron chi connectivity index (χ4n) is 3.92. The van der Waals surface area contributed by atoms with E-state index in [1.165, 1.54) is 6.92 Å². The average Bonchev–Trinajstić information content (AvgIpc) is 3.23. The number of imide groups is 1. The molecule has 1 saturated heterocycles. The minimum absolute atomic E-state index is 0.183. The number of aryl methyl sites for hydroxylation is 1. The number of urea groups is 1. The van der Waals surface area contributed by atoms with Crippen molar-refractivity contribution in [3.8, 4) is 0 Å². The topological polar surface area (TPSA) is 95.6 Å². The van der Waals surface area contributed by atoms with Crippen molar-refractivity contribution in [3.63, 3.8) is 0 Å². The Hall–Kier alpha value is -3.00. The number of nitrogens with one attached hydrogen (secondary N) is 2. The van der Waals surface area contributed by atoms with Crippen LogP contribution in [0.2, 0.25) is 0 Å². The number of ketones is 1. The molecule has 144 valence electrons. The van der Waals surface area contributed by atoms with Gasteiger partial charge in [-0.25, -0.2) is 4.79 Å². The van der Waals surface area contributed by atoms with Crippen LogP contribution in [0.3, 0.4) is 0 Å². The number of anilines is 1. The number of benzene rings is 1. The van der Waals surface area contributed by atoms with Crippen LogP contribution in [0.15, 0.2) is 35.7 Å². The lowest BCUT2D eigenvalue weighted by atomic mass is 9.80. The van der Waals surface area contributed by atoms with Crippen LogP contribution in [-0.4, -0.2) is 35.1 Å². The summed E-state index contributed by atoms with van der Waals surface area (Å²) in [6.07, 6.45) is 2.21. The van der Waals surface area contributed by atoms with Crippen LogP contribution in [0.4, 0.5) is 10.5 Å². The number of amides is 4. The van der Waals surface area contributed by atoms with Crippen molar-refractivity contribution in [1.29, 1.82) is 0 Å². The number of hydrogen-bond donors (Lipinski definition) is 2. The molecule has 0 unspecified atom stereocenters. The molecule has 1 aliphatic carbocycles. The molecule has 2 aliphatic rings. The highest BCUT2D eigenvalue weighted by atomic mass is 32.1. The first kappa shape index (κ1) is 18.4. The van der Waals surface area contributed by atoms with Gasteiger partial charge >= 0.3 is 6.03 Å². The van der Waals surface area contributed by atoms with Crippen molar-refractivity contribution >= 4 is 40.7 Å². The monoisotopic (exact) mass is 397 g/mol. The molecule has 2 aromatic rings. The van der Waals surface area contributed by atoms with Crippen molar-refractivity contribution in [2.24, 2.45) is 0 Å². The Kier molecular flexibility index (Phi) is 4.50. The lowest BCUT2D eigenvalue weighted by Gasteiger charge is -2.31. The molecule has 4 rings (SSSR count). The van der Waals surface area contributed by atoms with Crippen molar-refractivity contribution in [1.82, 2.24) is 10.2 Å². The summed E-state index contributed by atoms with van der Waals surface area (Å²) >= 11 is 1.58. The smallest absolute Gasteiger partial charge is 0.324 e. The van der Waals surface area contributed by atoms with Crippen LogP contribution < -0.4 is 10.6 Å². The third-order valence-electron chi connectivity index (χ3n) is 5.22. The van der Waals surface area contributed by atoms with Gasteiger partial charge in [-0.3, -0.25) is 19.3 Å². The molecule has 0 bridgehead atoms. The molecular formula is C20H19N3O4S. The number of Topliss-reactive ketones (excluding diaryl/α,β-unsaturated/α-hetero) is 1. The number of thiophene rings is 1. The Balaban J connectivity index is 1.54. The summed E-state index contributed by atoms with van der Waals surface area (Å²) < 4.78 is 0. The zero-order valence-electron chi connectivity index (χ0n) is 15.3. The average molecular weight is 397 g/mol. The molecule has 28 heavy (non-hydrogen) atoms. The van der Waals surface area contributed by atoms with E-state index in [2.05, 4.69) is 10.6 Å². The predicted octanol–water partition coefficient (Wildman–Crippen LogP) is 2.67. The number of carbonyl (C=O) groups excluding carboxylic acids is 4. The second kappa shape index (κ2) is 6.87. The van der Waals surface area contributed by atoms with E-state index in [-0.39, 0.29) is 5.78 Å². The third kappa shape index (κ3) is 2.90. The summed E-state index contributed by atoms with van der Waals surface area (Å²) in [5.74, 6) is -1.11. The summed E-state index contributed by atoms with van der Waals surface area (Å²) in [7, 11) is 0. The maximum Gasteiger partial charge on any atom is 0.325 e. The molecule has 1 spiro atoms. The minimum atomic E-state index is -1.07. The van der Waals surface area contributed by atoms with Gasteiger partial charge in [0.15, 0.2) is 5.78 Å². The highest BCUT2D eigenvalue weighted by Gasteiger charge is 2.54. The van der Waals surface area contributed by atoms with E-state index in [0.29, 0.717) is 17.7 Å². The summed E-state index contributed by atoms with van der Waals surface area (Å²) in [4.78, 5) is 51.9. The summed E-state index contributed by atoms with van der Waals surface area (Å²) in [6.45, 7) is 1.01. The van der Waals surface area contributed by atoms with Crippen LogP contribution in [0.1, 0.15) is 40.6 Å². The van der Waals surface area contributed by atoms with Crippen molar-refractivity contribution in [3.05, 3.63) is 51.7 Å². The number of hydrogen-bond acceptors (Lipinski definition) is 5. The Labute approximate surface area is 165 Å². The summed E-state index contributed by atoms with van der Waals surface area (Å²) in [5, 5.41) is 7.38. The van der Waals surface area contributed by atoms with Crippen molar-refractivity contribution in [2.45, 2.75) is 31.7 Å². The van der Waals surface area contributed by atoms with E-state index in [9.17, 15) is 19.2 Å². The summed E-state index contributed by atoms with van der Waals surface area (Å²) in [5.41, 5.74) is 0.508. The van der Waals surface area contributed by atoms with E-state index < -0.39 is 29.9 Å². The van der Waals surface area contributed by atoms with Gasteiger partial charge in [-0.2, -0.15) is 0 Å². The van der Waals surface area contributed by atoms with Gasteiger partial charge in [-0.15, -0.1) is 11.3 Å². The van der Waals surface area contributed by atoms with Gasteiger partial charge in [0, 0.05) is 16.0 Å². The fourth-order valence-corrected chi connectivity index (χ4v) is 4.92. The van der Waals surface area contributed by atoms with Gasteiger partial charge in [0.25, 0.3) is 5.91 Å². The van der Waals surface area contributed by atoms with Gasteiger partial charge in [-0.1, -0.05) is 12.1 Å². The van der Waals surface area contributed by atoms with Crippen molar-refractivity contribution < 1.29 is 19.2 Å². The van der Waals surface area contributed by atoms with Gasteiger partial charge in [0.2, 0.25) is 5.91 Å². The standard InChI is InChI=1S/C20H19N3O4S/c1-12(24)13-5-2-3-6-15(13)21-17(25)11-23-18(26)20(22-19(23)27)9-4-7-16-14(20)8-10-28-16/h2-3,5-6,8,10H,4,7,9,11H2,1H3,(H,21,25)(H,22,27)/t20-/m1/s1. The molecular weight excluding hydrogens is 378 g/mol. The molecule has 1 aromatic heterocycles. The molecule has 7 nitrogen and oxygen atoms in total. The van der Waals surface area contributed by atoms with E-state index in [1.54, 1.807) is 35.6 Å². The Bertz CT molecular complexity index is 999. The minimum Gasteiger partial charge on any atom is -0.324 e. The lowest BCUT2D eigenvalue weighted by molar-refractivity contribution is -0.134. The maximum absolute atomic E-state index is 13.1. The van der Waals surface area contributed by atoms with Gasteiger partial charge in [0.05, 0.1) is 5.69 Å². The number of fused-ring (bicyclic) bond motifs is 2. The molecule has 0 saturated carbocycles. The highest BCUT2D eigenvalue weighted by Crippen LogP contribution is 2.42. The van der Waals surface area contributed by atoms with Crippen LogP contribution in [0, 0.1) is 0 Å². The number of nitrogens with zero attached hydrogens (tertiary/aromatic N) is 1. The first-order chi connectivity index (χ1) is 13.4. The third-order valence-corrected chi connectivity index (χ3v) is 6.20. The molecule has 2 heterocycles. The lowest BCUT2D eigenvalue weighted by Crippen LogP contribution is -2.46. The first-order valence-corrected chi connectivity index (χ1v) is 9.91. The van der Waals surface area contributed by atoms with E-state index in [1.807, 2.05) is 11.4 Å². The van der Waals surface area contributed by atoms with Crippen LogP contribution in [-0.2, 0) is 21.5 Å². The van der Waals surface area contributed by atoms with Crippen LogP contribution in [0.25, 0.3) is 0 Å². The normalized spacial score (nSPS) is 20.8. The SMILES string of the molecule is CC(=O)c1ccccc1NC(=O)CN1C(=O)N[C@@]2(CCCc3sccc32)C1=O. The number of rotatable bonds is 4. The quantitative estimate of drug-likeness (QED) is 0.612. The molecule has 1 aliphatic heterocycles. The van der Waals surface area contributed by atoms with Gasteiger partial charge < -0.3 is 10.6 Å². The largest absolute Gasteiger partial charge is 0.325 e. The molecule has 2 N–H and O–H groups in total. The Morgan fingerprint density at radius 3 is 2.82 bits per heavy atom. The van der Waals surface area contributed by atoms with Crippen LogP contribution in [0.5, 0.6) is 0 Å². The molecule has 1 fully saturated rings. The van der Waals surface area contributed by atoms with E-state index >= 15 is 0 Å². The molecule has 4 amide bonds. The van der Waals surface area contributed by atoms with Gasteiger partial charge in [0.1, 0.15) is 12.1 Å². The molecule has 0 radical (unpaired) electrons. The maximum atomic E-state index is 13.1. The highest BCUT2D eigenvalue weighted by molar-refractivity contribution is 7.10. The van der Waals surface area contributed by atoms with E-state index in [0.717, 1.165) is 28.2 Å². The molecule has 1 atom stereocenters. The molecule has 1 aromatic carbocycles. The Morgan fingerprint density at radius 1 is 1.25 bits per heavy atom. The van der Waals surface area contributed by atoms with Crippen LogP contribution >= 0.6 is 11.3 Å². The zero-order valence-corrected chi connectivity index (χ0v) is 16.1. The van der Waals surface area contributed by atoms with Crippen molar-refractivity contribution in [2.75, 3.05) is 11.9 Å². The molecule has 8 heteroatoms. The predicted molar refractivity (Wildman–Crippen MR) is 104 cm³/mol. The second-order valence-electron chi connectivity index (χ2n) is 6.99. The number of para-hydroxylation sites is 1. The van der Waals surface area contributed by atoms with E-state index in [4.69, 9.17) is 0 Å².